The van der Waals surface area contributed by atoms with Gasteiger partial charge in [0.25, 0.3) is 0 Å². The Hall–Kier alpha value is -0.0800. The predicted octanol–water partition coefficient (Wildman–Crippen LogP) is 2.76. The molecule has 1 rings (SSSR count). The molecule has 0 saturated heterocycles. The van der Waals surface area contributed by atoms with Crippen molar-refractivity contribution in [1.82, 2.24) is 0 Å². The maximum atomic E-state index is 6.23. The summed E-state index contributed by atoms with van der Waals surface area (Å²) in [6.45, 7) is 12.4. The van der Waals surface area contributed by atoms with Crippen LogP contribution >= 0.6 is 0 Å². The first-order valence-electron chi connectivity index (χ1n) is 6.78. The maximum Gasteiger partial charge on any atom is 0.00807 e. The summed E-state index contributed by atoms with van der Waals surface area (Å²) in [4.78, 5) is 0. The molecule has 0 bridgehead atoms. The lowest BCUT2D eigenvalue weighted by Gasteiger charge is -2.57. The molecule has 0 radical (unpaired) electrons. The van der Waals surface area contributed by atoms with Crippen LogP contribution in [0, 0.1) is 22.7 Å². The zero-order chi connectivity index (χ0) is 12.6. The van der Waals surface area contributed by atoms with Crippen LogP contribution in [-0.2, 0) is 0 Å². The normalized spacial score (nSPS) is 30.9. The van der Waals surface area contributed by atoms with Crippen molar-refractivity contribution < 1.29 is 0 Å². The molecule has 0 aromatic rings. The number of nitrogens with two attached hydrogens (primary N) is 2. The zero-order valence-corrected chi connectivity index (χ0v) is 11.7. The van der Waals surface area contributed by atoms with Crippen molar-refractivity contribution in [3.63, 3.8) is 0 Å². The van der Waals surface area contributed by atoms with Crippen molar-refractivity contribution in [3.05, 3.63) is 0 Å². The van der Waals surface area contributed by atoms with E-state index >= 15 is 0 Å². The topological polar surface area (TPSA) is 52.0 Å². The molecule has 16 heavy (non-hydrogen) atoms. The summed E-state index contributed by atoms with van der Waals surface area (Å²) in [5.41, 5.74) is 13.0. The molecule has 3 atom stereocenters. The molecule has 1 fully saturated rings. The van der Waals surface area contributed by atoms with Crippen molar-refractivity contribution in [1.29, 1.82) is 0 Å². The van der Waals surface area contributed by atoms with E-state index < -0.39 is 0 Å². The van der Waals surface area contributed by atoms with Crippen LogP contribution in [-0.4, -0.2) is 12.6 Å². The molecular weight excluding hydrogens is 196 g/mol. The Morgan fingerprint density at radius 2 is 1.81 bits per heavy atom. The number of hydrogen-bond acceptors (Lipinski definition) is 2. The zero-order valence-electron chi connectivity index (χ0n) is 11.7. The first-order chi connectivity index (χ1) is 7.32. The summed E-state index contributed by atoms with van der Waals surface area (Å²) in [7, 11) is 0. The average Bonchev–Trinajstić information content (AvgIpc) is 2.23. The molecule has 0 aromatic heterocycles. The molecule has 0 amide bonds. The van der Waals surface area contributed by atoms with Gasteiger partial charge in [-0.15, -0.1) is 0 Å². The summed E-state index contributed by atoms with van der Waals surface area (Å²) in [6, 6.07) is 0.362. The third-order valence-corrected chi connectivity index (χ3v) is 5.32. The summed E-state index contributed by atoms with van der Waals surface area (Å²) in [6.07, 6.45) is 3.55. The van der Waals surface area contributed by atoms with Crippen LogP contribution in [0.3, 0.4) is 0 Å². The van der Waals surface area contributed by atoms with Crippen LogP contribution in [0.5, 0.6) is 0 Å². The largest absolute Gasteiger partial charge is 0.330 e. The van der Waals surface area contributed by atoms with Gasteiger partial charge in [-0.3, -0.25) is 0 Å². The van der Waals surface area contributed by atoms with E-state index in [1.807, 2.05) is 0 Å². The van der Waals surface area contributed by atoms with E-state index in [2.05, 4.69) is 34.6 Å². The number of rotatable bonds is 5. The predicted molar refractivity (Wildman–Crippen MR) is 71.1 cm³/mol. The molecule has 2 nitrogen and oxygen atoms in total. The third-order valence-electron chi connectivity index (χ3n) is 5.32. The highest BCUT2D eigenvalue weighted by atomic mass is 14.8. The highest BCUT2D eigenvalue weighted by molar-refractivity contribution is 5.05. The Morgan fingerprint density at radius 1 is 1.31 bits per heavy atom. The molecule has 0 aliphatic heterocycles. The summed E-state index contributed by atoms with van der Waals surface area (Å²) >= 11 is 0. The molecule has 1 aliphatic rings. The number of hydrogen-bond donors (Lipinski definition) is 2. The highest BCUT2D eigenvalue weighted by Crippen LogP contribution is 2.54. The molecule has 0 aromatic carbocycles. The van der Waals surface area contributed by atoms with Crippen LogP contribution in [0.4, 0.5) is 0 Å². The fourth-order valence-electron chi connectivity index (χ4n) is 3.77. The fraction of sp³-hybridized carbons (Fsp3) is 1.00. The lowest BCUT2D eigenvalue weighted by atomic mass is 9.50. The SMILES string of the molecule is CCC(C)(CC)C(CN)C1C(N)CC1(C)C. The van der Waals surface area contributed by atoms with Crippen molar-refractivity contribution >= 4 is 0 Å². The Morgan fingerprint density at radius 3 is 2.06 bits per heavy atom. The van der Waals surface area contributed by atoms with Gasteiger partial charge in [0.1, 0.15) is 0 Å². The van der Waals surface area contributed by atoms with E-state index in [0.717, 1.165) is 13.0 Å². The summed E-state index contributed by atoms with van der Waals surface area (Å²) < 4.78 is 0. The monoisotopic (exact) mass is 226 g/mol. The highest BCUT2D eigenvalue weighted by Gasteiger charge is 2.52. The molecule has 4 N–H and O–H groups in total. The van der Waals surface area contributed by atoms with Crippen LogP contribution in [0.2, 0.25) is 0 Å². The minimum Gasteiger partial charge on any atom is -0.330 e. The van der Waals surface area contributed by atoms with Crippen molar-refractivity contribution in [2.45, 2.75) is 59.9 Å². The van der Waals surface area contributed by atoms with Gasteiger partial charge in [0.15, 0.2) is 0 Å². The fourth-order valence-corrected chi connectivity index (χ4v) is 3.77. The first-order valence-corrected chi connectivity index (χ1v) is 6.78. The molecule has 96 valence electrons. The van der Waals surface area contributed by atoms with Crippen LogP contribution in [0.25, 0.3) is 0 Å². The summed E-state index contributed by atoms with van der Waals surface area (Å²) in [5, 5.41) is 0. The van der Waals surface area contributed by atoms with Gasteiger partial charge >= 0.3 is 0 Å². The Bertz CT molecular complexity index is 231. The van der Waals surface area contributed by atoms with Crippen molar-refractivity contribution in [2.75, 3.05) is 6.54 Å². The van der Waals surface area contributed by atoms with Gasteiger partial charge in [-0.25, -0.2) is 0 Å². The van der Waals surface area contributed by atoms with Gasteiger partial charge in [0.05, 0.1) is 0 Å². The van der Waals surface area contributed by atoms with Crippen LogP contribution in [0.1, 0.15) is 53.9 Å². The molecule has 0 heterocycles. The minimum absolute atomic E-state index is 0.356. The Kier molecular flexibility index (Phi) is 4.07. The van der Waals surface area contributed by atoms with Gasteiger partial charge in [-0.05, 0) is 35.6 Å². The minimum atomic E-state index is 0.356. The van der Waals surface area contributed by atoms with Gasteiger partial charge in [-0.1, -0.05) is 47.5 Å². The van der Waals surface area contributed by atoms with Crippen LogP contribution < -0.4 is 11.5 Å². The van der Waals surface area contributed by atoms with Gasteiger partial charge in [0.2, 0.25) is 0 Å². The van der Waals surface area contributed by atoms with E-state index in [-0.39, 0.29) is 0 Å². The average molecular weight is 226 g/mol. The Balaban J connectivity index is 2.89. The smallest absolute Gasteiger partial charge is 0.00807 e. The van der Waals surface area contributed by atoms with Crippen molar-refractivity contribution in [2.24, 2.45) is 34.1 Å². The first kappa shape index (κ1) is 14.0. The molecule has 1 aliphatic carbocycles. The van der Waals surface area contributed by atoms with E-state index in [0.29, 0.717) is 28.7 Å². The summed E-state index contributed by atoms with van der Waals surface area (Å²) in [5.74, 6) is 1.17. The van der Waals surface area contributed by atoms with E-state index in [1.54, 1.807) is 0 Å². The second-order valence-corrected chi connectivity index (χ2v) is 6.59. The second-order valence-electron chi connectivity index (χ2n) is 6.59. The van der Waals surface area contributed by atoms with Gasteiger partial charge in [-0.2, -0.15) is 0 Å². The van der Waals surface area contributed by atoms with E-state index in [1.165, 1.54) is 12.8 Å². The standard InChI is InChI=1S/C14H30N2/c1-6-14(5,7-2)10(9-15)12-11(16)8-13(12,3)4/h10-12H,6-9,15-16H2,1-5H3. The van der Waals surface area contributed by atoms with Crippen LogP contribution in [0.15, 0.2) is 0 Å². The molecule has 2 heteroatoms. The lowest BCUT2D eigenvalue weighted by Crippen LogP contribution is -2.60. The maximum absolute atomic E-state index is 6.23. The lowest BCUT2D eigenvalue weighted by molar-refractivity contribution is -0.0547. The van der Waals surface area contributed by atoms with Gasteiger partial charge < -0.3 is 11.5 Å². The molecule has 0 spiro atoms. The van der Waals surface area contributed by atoms with E-state index in [9.17, 15) is 0 Å². The second kappa shape index (κ2) is 4.66. The molecule has 3 unspecified atom stereocenters. The molecular formula is C14H30N2. The quantitative estimate of drug-likeness (QED) is 0.757. The third kappa shape index (κ3) is 2.14. The van der Waals surface area contributed by atoms with Crippen molar-refractivity contribution in [3.8, 4) is 0 Å². The Labute approximate surface area is 101 Å². The van der Waals surface area contributed by atoms with Gasteiger partial charge in [0, 0.05) is 6.04 Å². The van der Waals surface area contributed by atoms with E-state index in [4.69, 9.17) is 11.5 Å². The molecule has 1 saturated carbocycles.